The maximum atomic E-state index is 13.7. The molecule has 1 aliphatic rings. The number of H-pyrrole nitrogens is 1. The van der Waals surface area contributed by atoms with Gasteiger partial charge in [0.15, 0.2) is 5.65 Å². The molecule has 0 bridgehead atoms. The van der Waals surface area contributed by atoms with Crippen molar-refractivity contribution < 1.29 is 9.13 Å². The molecule has 114 valence electrons. The van der Waals surface area contributed by atoms with Gasteiger partial charge in [0.05, 0.1) is 9.99 Å². The number of nitrogens with zero attached hydrogens (tertiary/aromatic N) is 3. The number of fused-ring (bicyclic) bond motifs is 3. The van der Waals surface area contributed by atoms with Crippen LogP contribution in [0.1, 0.15) is 18.9 Å². The van der Waals surface area contributed by atoms with Crippen molar-refractivity contribution in [2.75, 3.05) is 13.2 Å². The third kappa shape index (κ3) is 2.05. The number of imidazole rings is 1. The van der Waals surface area contributed by atoms with Crippen LogP contribution in [0.15, 0.2) is 21.4 Å². The van der Waals surface area contributed by atoms with E-state index in [1.165, 1.54) is 6.07 Å². The lowest BCUT2D eigenvalue weighted by molar-refractivity contribution is 0.0698. The first kappa shape index (κ1) is 13.8. The number of hydrogen-bond donors (Lipinski definition) is 1. The first-order valence-electron chi connectivity index (χ1n) is 6.98. The van der Waals surface area contributed by atoms with E-state index in [1.807, 2.05) is 0 Å². The minimum absolute atomic E-state index is 0.0474. The average Bonchev–Trinajstić information content (AvgIpc) is 2.86. The van der Waals surface area contributed by atoms with Crippen molar-refractivity contribution in [2.45, 2.75) is 18.9 Å². The van der Waals surface area contributed by atoms with E-state index in [0.29, 0.717) is 39.8 Å². The van der Waals surface area contributed by atoms with Gasteiger partial charge < -0.3 is 4.74 Å². The highest BCUT2D eigenvalue weighted by molar-refractivity contribution is 9.10. The molecule has 0 spiro atoms. The van der Waals surface area contributed by atoms with Crippen LogP contribution in [-0.2, 0) is 4.74 Å². The number of hydrogen-bond acceptors (Lipinski definition) is 4. The molecule has 1 aliphatic heterocycles. The molecular weight excluding hydrogens is 355 g/mol. The number of ether oxygens (including phenoxy) is 1. The molecule has 6 nitrogen and oxygen atoms in total. The highest BCUT2D eigenvalue weighted by Crippen LogP contribution is 2.29. The Morgan fingerprint density at radius 3 is 2.86 bits per heavy atom. The van der Waals surface area contributed by atoms with E-state index in [1.54, 1.807) is 10.6 Å². The van der Waals surface area contributed by atoms with Gasteiger partial charge in [-0.15, -0.1) is 10.2 Å². The SMILES string of the molecule is O=c1[nH]c2nnc3cc(F)c(Br)cc3c2n1C1CCOCC1. The summed E-state index contributed by atoms with van der Waals surface area (Å²) in [5, 5.41) is 8.71. The van der Waals surface area contributed by atoms with E-state index in [2.05, 4.69) is 31.1 Å². The van der Waals surface area contributed by atoms with E-state index in [-0.39, 0.29) is 11.7 Å². The Bertz CT molecular complexity index is 930. The summed E-state index contributed by atoms with van der Waals surface area (Å²) in [6.45, 7) is 1.25. The molecule has 0 atom stereocenters. The third-order valence-corrected chi connectivity index (χ3v) is 4.62. The Labute approximate surface area is 132 Å². The second-order valence-corrected chi connectivity index (χ2v) is 6.18. The van der Waals surface area contributed by atoms with Crippen molar-refractivity contribution in [1.29, 1.82) is 0 Å². The fourth-order valence-electron chi connectivity index (χ4n) is 2.97. The molecule has 0 saturated carbocycles. The highest BCUT2D eigenvalue weighted by Gasteiger charge is 2.22. The first-order valence-corrected chi connectivity index (χ1v) is 7.78. The van der Waals surface area contributed by atoms with Gasteiger partial charge in [0, 0.05) is 30.7 Å². The van der Waals surface area contributed by atoms with Crippen molar-refractivity contribution in [3.05, 3.63) is 32.9 Å². The van der Waals surface area contributed by atoms with Crippen LogP contribution in [0.5, 0.6) is 0 Å². The summed E-state index contributed by atoms with van der Waals surface area (Å²) >= 11 is 3.19. The molecule has 0 unspecified atom stereocenters. The van der Waals surface area contributed by atoms with Crippen molar-refractivity contribution in [3.63, 3.8) is 0 Å². The van der Waals surface area contributed by atoms with Crippen molar-refractivity contribution in [1.82, 2.24) is 19.7 Å². The van der Waals surface area contributed by atoms with Gasteiger partial charge in [0.1, 0.15) is 11.3 Å². The minimum atomic E-state index is -0.406. The van der Waals surface area contributed by atoms with Crippen LogP contribution in [0, 0.1) is 5.82 Å². The van der Waals surface area contributed by atoms with E-state index < -0.39 is 5.82 Å². The molecule has 1 saturated heterocycles. The van der Waals surface area contributed by atoms with E-state index >= 15 is 0 Å². The monoisotopic (exact) mass is 366 g/mol. The molecule has 22 heavy (non-hydrogen) atoms. The normalized spacial score (nSPS) is 16.6. The summed E-state index contributed by atoms with van der Waals surface area (Å²) in [7, 11) is 0. The lowest BCUT2D eigenvalue weighted by Gasteiger charge is -2.23. The van der Waals surface area contributed by atoms with Gasteiger partial charge in [-0.05, 0) is 34.8 Å². The molecule has 4 rings (SSSR count). The standard InChI is InChI=1S/C14H12BrFN4O2/c15-9-5-8-11(6-10(9)16)18-19-13-12(8)20(14(21)17-13)7-1-3-22-4-2-7/h5-7H,1-4H2,(H,17,19,21). The maximum Gasteiger partial charge on any atom is 0.328 e. The summed E-state index contributed by atoms with van der Waals surface area (Å²) in [4.78, 5) is 15.1. The number of nitrogens with one attached hydrogen (secondary N) is 1. The van der Waals surface area contributed by atoms with Crippen molar-refractivity contribution in [2.24, 2.45) is 0 Å². The summed E-state index contributed by atoms with van der Waals surface area (Å²) < 4.78 is 21.1. The summed E-state index contributed by atoms with van der Waals surface area (Å²) in [5.41, 5.74) is 1.29. The molecule has 1 aromatic carbocycles. The van der Waals surface area contributed by atoms with Gasteiger partial charge in [0.2, 0.25) is 0 Å². The molecule has 1 N–H and O–H groups in total. The van der Waals surface area contributed by atoms with Gasteiger partial charge >= 0.3 is 5.69 Å². The lowest BCUT2D eigenvalue weighted by atomic mass is 10.1. The number of aromatic amines is 1. The number of aromatic nitrogens is 4. The van der Waals surface area contributed by atoms with E-state index in [9.17, 15) is 9.18 Å². The van der Waals surface area contributed by atoms with Crippen LogP contribution in [-0.4, -0.2) is 33.0 Å². The van der Waals surface area contributed by atoms with Crippen LogP contribution in [0.2, 0.25) is 0 Å². The Morgan fingerprint density at radius 1 is 1.32 bits per heavy atom. The van der Waals surface area contributed by atoms with Gasteiger partial charge in [0.25, 0.3) is 0 Å². The minimum Gasteiger partial charge on any atom is -0.381 e. The number of benzene rings is 1. The smallest absolute Gasteiger partial charge is 0.328 e. The summed E-state index contributed by atoms with van der Waals surface area (Å²) in [6, 6.07) is 3.01. The van der Waals surface area contributed by atoms with Gasteiger partial charge in [-0.25, -0.2) is 9.18 Å². The van der Waals surface area contributed by atoms with Crippen LogP contribution in [0.3, 0.4) is 0 Å². The Hall–Kier alpha value is -1.80. The molecule has 8 heteroatoms. The molecular formula is C14H12BrFN4O2. The molecule has 0 aliphatic carbocycles. The number of halogens is 2. The fraction of sp³-hybridized carbons (Fsp3) is 0.357. The van der Waals surface area contributed by atoms with Gasteiger partial charge in [-0.2, -0.15) is 0 Å². The Balaban J connectivity index is 2.06. The van der Waals surface area contributed by atoms with Crippen LogP contribution in [0.25, 0.3) is 22.1 Å². The maximum absolute atomic E-state index is 13.7. The first-order chi connectivity index (χ1) is 10.6. The average molecular weight is 367 g/mol. The van der Waals surface area contributed by atoms with Crippen LogP contribution >= 0.6 is 15.9 Å². The van der Waals surface area contributed by atoms with Gasteiger partial charge in [-0.1, -0.05) is 0 Å². The molecule has 0 amide bonds. The Kier molecular flexibility index (Phi) is 3.23. The third-order valence-electron chi connectivity index (χ3n) is 4.02. The topological polar surface area (TPSA) is 72.8 Å². The Morgan fingerprint density at radius 2 is 2.09 bits per heavy atom. The van der Waals surface area contributed by atoms with Gasteiger partial charge in [-0.3, -0.25) is 9.55 Å². The largest absolute Gasteiger partial charge is 0.381 e. The second kappa shape index (κ2) is 5.13. The zero-order chi connectivity index (χ0) is 15.3. The number of rotatable bonds is 1. The molecule has 3 heterocycles. The predicted molar refractivity (Wildman–Crippen MR) is 82.4 cm³/mol. The quantitative estimate of drug-likeness (QED) is 0.718. The molecule has 1 fully saturated rings. The van der Waals surface area contributed by atoms with Crippen molar-refractivity contribution >= 4 is 38.0 Å². The van der Waals surface area contributed by atoms with Crippen molar-refractivity contribution in [3.8, 4) is 0 Å². The predicted octanol–water partition coefficient (Wildman–Crippen LogP) is 2.53. The zero-order valence-corrected chi connectivity index (χ0v) is 13.1. The molecule has 2 aromatic heterocycles. The molecule has 0 radical (unpaired) electrons. The summed E-state index contributed by atoms with van der Waals surface area (Å²) in [5.74, 6) is -0.406. The van der Waals surface area contributed by atoms with Crippen LogP contribution in [0.4, 0.5) is 4.39 Å². The second-order valence-electron chi connectivity index (χ2n) is 5.32. The van der Waals surface area contributed by atoms with Crippen LogP contribution < -0.4 is 5.69 Å². The van der Waals surface area contributed by atoms with E-state index in [0.717, 1.165) is 12.8 Å². The van der Waals surface area contributed by atoms with E-state index in [4.69, 9.17) is 4.74 Å². The highest BCUT2D eigenvalue weighted by atomic mass is 79.9. The zero-order valence-electron chi connectivity index (χ0n) is 11.5. The fourth-order valence-corrected chi connectivity index (χ4v) is 3.31. The lowest BCUT2D eigenvalue weighted by Crippen LogP contribution is -2.27. The summed E-state index contributed by atoms with van der Waals surface area (Å²) in [6.07, 6.45) is 1.53. The molecule has 3 aromatic rings.